The van der Waals surface area contributed by atoms with Crippen molar-refractivity contribution in [3.63, 3.8) is 0 Å². The Morgan fingerprint density at radius 3 is 2.34 bits per heavy atom. The van der Waals surface area contributed by atoms with E-state index in [9.17, 15) is 22.8 Å². The molecule has 1 aliphatic rings. The fourth-order valence-corrected chi connectivity index (χ4v) is 2.78. The van der Waals surface area contributed by atoms with Gasteiger partial charge in [0.1, 0.15) is 0 Å². The van der Waals surface area contributed by atoms with Crippen LogP contribution in [0.3, 0.4) is 0 Å². The van der Waals surface area contributed by atoms with Gasteiger partial charge in [-0.15, -0.1) is 0 Å². The minimum Gasteiger partial charge on any atom is -0.336 e. The molecule has 1 heterocycles. The van der Waals surface area contributed by atoms with Crippen molar-refractivity contribution in [2.45, 2.75) is 19.1 Å². The van der Waals surface area contributed by atoms with Crippen molar-refractivity contribution in [2.75, 3.05) is 26.2 Å². The van der Waals surface area contributed by atoms with E-state index in [-0.39, 0.29) is 38.3 Å². The van der Waals surface area contributed by atoms with Gasteiger partial charge in [-0.3, -0.25) is 4.79 Å². The molecule has 0 saturated carbocycles. The number of hydrogen-bond acceptors (Lipinski definition) is 2. The van der Waals surface area contributed by atoms with Gasteiger partial charge in [0.05, 0.1) is 16.1 Å². The molecule has 1 fully saturated rings. The average molecular weight is 448 g/mol. The van der Waals surface area contributed by atoms with E-state index < -0.39 is 18.1 Å². The fraction of sp³-hybridized carbons (Fsp3) is 0.368. The second kappa shape index (κ2) is 9.90. The summed E-state index contributed by atoms with van der Waals surface area (Å²) in [5, 5.41) is 3.53. The highest BCUT2D eigenvalue weighted by atomic mass is 35.5. The van der Waals surface area contributed by atoms with Crippen LogP contribution >= 0.6 is 23.2 Å². The normalized spacial score (nSPS) is 15.7. The van der Waals surface area contributed by atoms with Gasteiger partial charge in [-0.05, 0) is 25.1 Å². The first-order valence-electron chi connectivity index (χ1n) is 8.62. The Kier molecular flexibility index (Phi) is 7.82. The van der Waals surface area contributed by atoms with E-state index in [4.69, 9.17) is 23.2 Å². The number of hydrogen-bond donors (Lipinski definition) is 1. The SMILES string of the molecule is C[C@@H](C#Cc1ccc(Cl)c(Cl)c1)NC(=O)N1CCN(C(=O)/C=C/C(F)(F)F)CC1. The predicted octanol–water partition coefficient (Wildman–Crippen LogP) is 3.71. The first kappa shape index (κ1) is 22.9. The van der Waals surface area contributed by atoms with Crippen molar-refractivity contribution in [3.8, 4) is 11.8 Å². The van der Waals surface area contributed by atoms with Crippen LogP contribution in [-0.2, 0) is 4.79 Å². The number of benzene rings is 1. The number of carbonyl (C=O) groups excluding carboxylic acids is 2. The van der Waals surface area contributed by atoms with E-state index in [0.29, 0.717) is 21.7 Å². The monoisotopic (exact) mass is 447 g/mol. The minimum absolute atomic E-state index is 0.0946. The van der Waals surface area contributed by atoms with E-state index in [2.05, 4.69) is 17.2 Å². The Hall–Kier alpha value is -2.37. The smallest absolute Gasteiger partial charge is 0.336 e. The maximum Gasteiger partial charge on any atom is 0.409 e. The van der Waals surface area contributed by atoms with Crippen molar-refractivity contribution < 1.29 is 22.8 Å². The molecule has 1 atom stereocenters. The molecule has 1 N–H and O–H groups in total. The molecule has 5 nitrogen and oxygen atoms in total. The topological polar surface area (TPSA) is 52.7 Å². The quantitative estimate of drug-likeness (QED) is 0.554. The van der Waals surface area contributed by atoms with Gasteiger partial charge in [-0.25, -0.2) is 4.79 Å². The van der Waals surface area contributed by atoms with E-state index in [0.717, 1.165) is 0 Å². The second-order valence-corrected chi connectivity index (χ2v) is 7.07. The first-order valence-corrected chi connectivity index (χ1v) is 9.37. The largest absolute Gasteiger partial charge is 0.409 e. The molecule has 10 heteroatoms. The fourth-order valence-electron chi connectivity index (χ4n) is 2.48. The lowest BCUT2D eigenvalue weighted by molar-refractivity contribution is -0.128. The maximum atomic E-state index is 12.3. The van der Waals surface area contributed by atoms with Crippen molar-refractivity contribution in [1.82, 2.24) is 15.1 Å². The van der Waals surface area contributed by atoms with Crippen LogP contribution in [0.2, 0.25) is 10.0 Å². The van der Waals surface area contributed by atoms with Gasteiger partial charge in [0.2, 0.25) is 5.91 Å². The second-order valence-electron chi connectivity index (χ2n) is 6.26. The molecule has 29 heavy (non-hydrogen) atoms. The van der Waals surface area contributed by atoms with Crippen LogP contribution in [0.5, 0.6) is 0 Å². The number of piperazine rings is 1. The predicted molar refractivity (Wildman–Crippen MR) is 105 cm³/mol. The molecule has 1 aliphatic heterocycles. The lowest BCUT2D eigenvalue weighted by Crippen LogP contribution is -2.54. The number of nitrogens with zero attached hydrogens (tertiary/aromatic N) is 2. The van der Waals surface area contributed by atoms with Gasteiger partial charge in [0, 0.05) is 43.9 Å². The Morgan fingerprint density at radius 1 is 1.14 bits per heavy atom. The molecule has 156 valence electrons. The van der Waals surface area contributed by atoms with Gasteiger partial charge < -0.3 is 15.1 Å². The van der Waals surface area contributed by atoms with E-state index >= 15 is 0 Å². The summed E-state index contributed by atoms with van der Waals surface area (Å²) in [6.45, 7) is 2.44. The number of rotatable bonds is 2. The summed E-state index contributed by atoms with van der Waals surface area (Å²) in [5.74, 6) is 5.04. The number of carbonyl (C=O) groups is 2. The zero-order chi connectivity index (χ0) is 21.6. The number of nitrogens with one attached hydrogen (secondary N) is 1. The van der Waals surface area contributed by atoms with Crippen molar-refractivity contribution >= 4 is 35.1 Å². The van der Waals surface area contributed by atoms with Crippen molar-refractivity contribution in [3.05, 3.63) is 46.0 Å². The summed E-state index contributed by atoms with van der Waals surface area (Å²) in [6.07, 6.45) is -4.13. The summed E-state index contributed by atoms with van der Waals surface area (Å²) in [6, 6.07) is 4.14. The molecule has 2 rings (SSSR count). The Balaban J connectivity index is 1.83. The summed E-state index contributed by atoms with van der Waals surface area (Å²) < 4.78 is 36.4. The number of urea groups is 1. The molecule has 1 aromatic rings. The Morgan fingerprint density at radius 2 is 1.76 bits per heavy atom. The van der Waals surface area contributed by atoms with Gasteiger partial charge in [-0.2, -0.15) is 13.2 Å². The van der Waals surface area contributed by atoms with Crippen LogP contribution in [0.25, 0.3) is 0 Å². The molecule has 0 aliphatic carbocycles. The number of alkyl halides is 3. The molecule has 0 aromatic heterocycles. The summed E-state index contributed by atoms with van der Waals surface area (Å²) in [7, 11) is 0. The summed E-state index contributed by atoms with van der Waals surface area (Å²) >= 11 is 11.8. The van der Waals surface area contributed by atoms with Crippen LogP contribution in [-0.4, -0.2) is 60.1 Å². The van der Waals surface area contributed by atoms with Gasteiger partial charge in [0.25, 0.3) is 0 Å². The molecular weight excluding hydrogens is 430 g/mol. The minimum atomic E-state index is -4.54. The first-order chi connectivity index (χ1) is 13.5. The third-order valence-electron chi connectivity index (χ3n) is 3.99. The van der Waals surface area contributed by atoms with Gasteiger partial charge in [-0.1, -0.05) is 35.0 Å². The van der Waals surface area contributed by atoms with E-state index in [1.54, 1.807) is 25.1 Å². The maximum absolute atomic E-state index is 12.3. The van der Waals surface area contributed by atoms with Crippen LogP contribution in [0, 0.1) is 11.8 Å². The van der Waals surface area contributed by atoms with E-state index in [1.165, 1.54) is 9.80 Å². The third-order valence-corrected chi connectivity index (χ3v) is 4.73. The van der Waals surface area contributed by atoms with Crippen molar-refractivity contribution in [1.29, 1.82) is 0 Å². The Labute approximate surface area is 176 Å². The Bertz CT molecular complexity index is 854. The summed E-state index contributed by atoms with van der Waals surface area (Å²) in [5.41, 5.74) is 0.652. The van der Waals surface area contributed by atoms with Crippen LogP contribution in [0.4, 0.5) is 18.0 Å². The number of allylic oxidation sites excluding steroid dienone is 1. The number of amides is 3. The lowest BCUT2D eigenvalue weighted by Gasteiger charge is -2.34. The molecule has 3 amide bonds. The van der Waals surface area contributed by atoms with Gasteiger partial charge >= 0.3 is 12.2 Å². The standard InChI is InChI=1S/C19H18Cl2F3N3O2/c1-13(2-3-14-4-5-15(20)16(21)12-14)25-18(29)27-10-8-26(9-11-27)17(28)6-7-19(22,23)24/h4-7,12-13H,8-11H2,1H3,(H,25,29)/b7-6+/t13-/m0/s1. The molecule has 0 bridgehead atoms. The van der Waals surface area contributed by atoms with E-state index in [1.807, 2.05) is 0 Å². The van der Waals surface area contributed by atoms with Crippen LogP contribution in [0.15, 0.2) is 30.4 Å². The van der Waals surface area contributed by atoms with Crippen LogP contribution in [0.1, 0.15) is 12.5 Å². The highest BCUT2D eigenvalue weighted by Gasteiger charge is 2.26. The zero-order valence-electron chi connectivity index (χ0n) is 15.4. The highest BCUT2D eigenvalue weighted by molar-refractivity contribution is 6.42. The van der Waals surface area contributed by atoms with Crippen LogP contribution < -0.4 is 5.32 Å². The molecule has 1 aromatic carbocycles. The highest BCUT2D eigenvalue weighted by Crippen LogP contribution is 2.22. The zero-order valence-corrected chi connectivity index (χ0v) is 16.9. The number of halogens is 5. The van der Waals surface area contributed by atoms with Crippen molar-refractivity contribution in [2.24, 2.45) is 0 Å². The van der Waals surface area contributed by atoms with Gasteiger partial charge in [0.15, 0.2) is 0 Å². The molecule has 0 spiro atoms. The molecule has 0 unspecified atom stereocenters. The average Bonchev–Trinajstić information content (AvgIpc) is 2.66. The molecule has 0 radical (unpaired) electrons. The lowest BCUT2D eigenvalue weighted by atomic mass is 10.2. The molecule has 1 saturated heterocycles. The third kappa shape index (κ3) is 7.52. The summed E-state index contributed by atoms with van der Waals surface area (Å²) in [4.78, 5) is 26.8. The molecular formula is C19H18Cl2F3N3O2.